The van der Waals surface area contributed by atoms with E-state index in [1.54, 1.807) is 18.4 Å². The number of nitrogen functional groups attached to an aromatic ring is 1. The monoisotopic (exact) mass is 300 g/mol. The fourth-order valence-electron chi connectivity index (χ4n) is 1.58. The summed E-state index contributed by atoms with van der Waals surface area (Å²) in [5, 5.41) is 0.102. The van der Waals surface area contributed by atoms with Crippen molar-refractivity contribution in [1.29, 1.82) is 0 Å². The molecule has 5 nitrogen and oxygen atoms in total. The van der Waals surface area contributed by atoms with Crippen LogP contribution in [0.25, 0.3) is 0 Å². The molecule has 3 N–H and O–H groups in total. The first-order valence-corrected chi connectivity index (χ1v) is 7.42. The van der Waals surface area contributed by atoms with Crippen molar-refractivity contribution in [3.8, 4) is 0 Å². The molecule has 1 heterocycles. The summed E-state index contributed by atoms with van der Waals surface area (Å²) in [7, 11) is -3.64. The quantitative estimate of drug-likeness (QED) is 0.827. The molecular weight excluding hydrogens is 288 g/mol. The predicted molar refractivity (Wildman–Crippen MR) is 73.5 cm³/mol. The molecule has 0 atom stereocenters. The molecule has 0 radical (unpaired) electrons. The fourth-order valence-corrected chi connectivity index (χ4v) is 3.16. The Kier molecular flexibility index (Phi) is 4.14. The standard InChI is InChI=1S/C12H13ClN2O3S/c13-11-8-9(14)3-4-12(11)19(16,17)15-6-5-10-2-1-7-18-10/h1-4,7-8,15H,5-6,14H2. The van der Waals surface area contributed by atoms with Gasteiger partial charge in [-0.25, -0.2) is 13.1 Å². The largest absolute Gasteiger partial charge is 0.469 e. The minimum atomic E-state index is -3.64. The number of nitrogens with two attached hydrogens (primary N) is 1. The molecule has 1 aromatic heterocycles. The Morgan fingerprint density at radius 3 is 2.74 bits per heavy atom. The van der Waals surface area contributed by atoms with Gasteiger partial charge in [0.15, 0.2) is 0 Å². The van der Waals surface area contributed by atoms with Crippen molar-refractivity contribution in [2.24, 2.45) is 0 Å². The topological polar surface area (TPSA) is 85.3 Å². The van der Waals surface area contributed by atoms with Gasteiger partial charge in [0.1, 0.15) is 10.7 Å². The molecule has 0 bridgehead atoms. The first-order valence-electron chi connectivity index (χ1n) is 5.56. The SMILES string of the molecule is Nc1ccc(S(=O)(=O)NCCc2ccco2)c(Cl)c1. The van der Waals surface area contributed by atoms with Crippen LogP contribution in [0.15, 0.2) is 45.9 Å². The molecule has 0 saturated carbocycles. The molecule has 0 aliphatic rings. The van der Waals surface area contributed by atoms with Crippen LogP contribution in [0, 0.1) is 0 Å². The molecule has 0 unspecified atom stereocenters. The van der Waals surface area contributed by atoms with Crippen LogP contribution in [-0.2, 0) is 16.4 Å². The molecule has 0 saturated heterocycles. The van der Waals surface area contributed by atoms with Crippen molar-refractivity contribution in [1.82, 2.24) is 4.72 Å². The number of hydrogen-bond acceptors (Lipinski definition) is 4. The van der Waals surface area contributed by atoms with Crippen molar-refractivity contribution in [2.75, 3.05) is 12.3 Å². The molecule has 0 amide bonds. The van der Waals surface area contributed by atoms with E-state index >= 15 is 0 Å². The second-order valence-electron chi connectivity index (χ2n) is 3.92. The van der Waals surface area contributed by atoms with Crippen LogP contribution in [0.3, 0.4) is 0 Å². The molecular formula is C12H13ClN2O3S. The van der Waals surface area contributed by atoms with Gasteiger partial charge < -0.3 is 10.2 Å². The molecule has 0 spiro atoms. The highest BCUT2D eigenvalue weighted by Crippen LogP contribution is 2.23. The van der Waals surface area contributed by atoms with Crippen molar-refractivity contribution in [2.45, 2.75) is 11.3 Å². The van der Waals surface area contributed by atoms with Gasteiger partial charge in [-0.05, 0) is 30.3 Å². The van der Waals surface area contributed by atoms with Crippen LogP contribution < -0.4 is 10.5 Å². The average Bonchev–Trinajstić information content (AvgIpc) is 2.81. The number of benzene rings is 1. The van der Waals surface area contributed by atoms with Crippen molar-refractivity contribution in [3.63, 3.8) is 0 Å². The molecule has 0 fully saturated rings. The third kappa shape index (κ3) is 3.50. The fraction of sp³-hybridized carbons (Fsp3) is 0.167. The summed E-state index contributed by atoms with van der Waals surface area (Å²) in [6.45, 7) is 0.233. The second-order valence-corrected chi connectivity index (χ2v) is 6.06. The van der Waals surface area contributed by atoms with E-state index in [-0.39, 0.29) is 16.5 Å². The Morgan fingerprint density at radius 1 is 1.32 bits per heavy atom. The molecule has 19 heavy (non-hydrogen) atoms. The zero-order valence-corrected chi connectivity index (χ0v) is 11.5. The van der Waals surface area contributed by atoms with Crippen LogP contribution in [0.2, 0.25) is 5.02 Å². The summed E-state index contributed by atoms with van der Waals surface area (Å²) >= 11 is 5.87. The Labute approximate surface area is 116 Å². The third-order valence-corrected chi connectivity index (χ3v) is 4.43. The molecule has 7 heteroatoms. The van der Waals surface area contributed by atoms with E-state index in [2.05, 4.69) is 4.72 Å². The Bertz CT molecular complexity index is 654. The van der Waals surface area contributed by atoms with Crippen LogP contribution in [0.5, 0.6) is 0 Å². The molecule has 0 aliphatic heterocycles. The molecule has 0 aliphatic carbocycles. The zero-order chi connectivity index (χ0) is 13.9. The Hall–Kier alpha value is -1.50. The maximum atomic E-state index is 12.0. The predicted octanol–water partition coefficient (Wildman–Crippen LogP) is 2.04. The Balaban J connectivity index is 2.05. The van der Waals surface area contributed by atoms with Crippen LogP contribution in [0.1, 0.15) is 5.76 Å². The summed E-state index contributed by atoms with van der Waals surface area (Å²) in [5.41, 5.74) is 5.94. The van der Waals surface area contributed by atoms with E-state index in [9.17, 15) is 8.42 Å². The Morgan fingerprint density at radius 2 is 2.11 bits per heavy atom. The molecule has 2 aromatic rings. The van der Waals surface area contributed by atoms with E-state index in [1.807, 2.05) is 0 Å². The molecule has 1 aromatic carbocycles. The molecule has 2 rings (SSSR count). The maximum absolute atomic E-state index is 12.0. The lowest BCUT2D eigenvalue weighted by molar-refractivity contribution is 0.506. The third-order valence-electron chi connectivity index (χ3n) is 2.49. The summed E-state index contributed by atoms with van der Waals surface area (Å²) < 4.78 is 31.6. The van der Waals surface area contributed by atoms with Gasteiger partial charge in [-0.15, -0.1) is 0 Å². The van der Waals surface area contributed by atoms with Gasteiger partial charge in [-0.3, -0.25) is 0 Å². The number of halogens is 1. The molecule has 102 valence electrons. The average molecular weight is 301 g/mol. The summed E-state index contributed by atoms with van der Waals surface area (Å²) in [6.07, 6.45) is 2.01. The summed E-state index contributed by atoms with van der Waals surface area (Å²) in [6, 6.07) is 7.81. The van der Waals surface area contributed by atoms with E-state index in [0.717, 1.165) is 0 Å². The highest BCUT2D eigenvalue weighted by molar-refractivity contribution is 7.89. The van der Waals surface area contributed by atoms with Gasteiger partial charge in [0, 0.05) is 18.7 Å². The van der Waals surface area contributed by atoms with Gasteiger partial charge in [-0.2, -0.15) is 0 Å². The van der Waals surface area contributed by atoms with E-state index in [4.69, 9.17) is 21.8 Å². The number of furan rings is 1. The van der Waals surface area contributed by atoms with Gasteiger partial charge >= 0.3 is 0 Å². The number of sulfonamides is 1. The van der Waals surface area contributed by atoms with Gasteiger partial charge in [0.25, 0.3) is 0 Å². The second kappa shape index (κ2) is 5.64. The number of rotatable bonds is 5. The minimum absolute atomic E-state index is 0.0165. The van der Waals surface area contributed by atoms with Crippen molar-refractivity contribution in [3.05, 3.63) is 47.4 Å². The zero-order valence-electron chi connectivity index (χ0n) is 9.97. The van der Waals surface area contributed by atoms with Gasteiger partial charge in [0.2, 0.25) is 10.0 Å². The van der Waals surface area contributed by atoms with E-state index in [1.165, 1.54) is 18.2 Å². The highest BCUT2D eigenvalue weighted by Gasteiger charge is 2.17. The van der Waals surface area contributed by atoms with Crippen molar-refractivity contribution >= 4 is 27.3 Å². The van der Waals surface area contributed by atoms with Crippen LogP contribution in [0.4, 0.5) is 5.69 Å². The lowest BCUT2D eigenvalue weighted by Crippen LogP contribution is -2.26. The summed E-state index contributed by atoms with van der Waals surface area (Å²) in [5.74, 6) is 0.714. The first-order chi connectivity index (χ1) is 8.99. The van der Waals surface area contributed by atoms with Crippen LogP contribution >= 0.6 is 11.6 Å². The maximum Gasteiger partial charge on any atom is 0.242 e. The number of anilines is 1. The minimum Gasteiger partial charge on any atom is -0.469 e. The van der Waals surface area contributed by atoms with Gasteiger partial charge in [-0.1, -0.05) is 11.6 Å². The smallest absolute Gasteiger partial charge is 0.242 e. The lowest BCUT2D eigenvalue weighted by atomic mass is 10.3. The van der Waals surface area contributed by atoms with Crippen molar-refractivity contribution < 1.29 is 12.8 Å². The normalized spacial score (nSPS) is 11.6. The van der Waals surface area contributed by atoms with Gasteiger partial charge in [0.05, 0.1) is 11.3 Å². The number of hydrogen-bond donors (Lipinski definition) is 2. The lowest BCUT2D eigenvalue weighted by Gasteiger charge is -2.08. The highest BCUT2D eigenvalue weighted by atomic mass is 35.5. The van der Waals surface area contributed by atoms with E-state index < -0.39 is 10.0 Å². The number of nitrogens with one attached hydrogen (secondary N) is 1. The van der Waals surface area contributed by atoms with E-state index in [0.29, 0.717) is 17.9 Å². The first kappa shape index (κ1) is 13.9. The van der Waals surface area contributed by atoms with Crippen LogP contribution in [-0.4, -0.2) is 15.0 Å². The summed E-state index contributed by atoms with van der Waals surface area (Å²) in [4.78, 5) is 0.0165.